The lowest BCUT2D eigenvalue weighted by Crippen LogP contribution is -2.05. The molecule has 1 heterocycles. The van der Waals surface area contributed by atoms with Crippen LogP contribution in [0.1, 0.15) is 12.0 Å². The second kappa shape index (κ2) is 6.06. The summed E-state index contributed by atoms with van der Waals surface area (Å²) in [5, 5.41) is 14.6. The van der Waals surface area contributed by atoms with Crippen LogP contribution in [0.3, 0.4) is 0 Å². The number of non-ortho nitro benzene ring substituents is 1. The molecule has 2 aromatic rings. The molecule has 98 valence electrons. The highest BCUT2D eigenvalue weighted by molar-refractivity contribution is 5.93. The number of hydrogen-bond acceptors (Lipinski definition) is 4. The fourth-order valence-electron chi connectivity index (χ4n) is 1.91. The van der Waals surface area contributed by atoms with Crippen molar-refractivity contribution in [2.24, 2.45) is 0 Å². The molecular weight excluding hydrogens is 242 g/mol. The van der Waals surface area contributed by atoms with Crippen molar-refractivity contribution in [1.82, 2.24) is 10.3 Å². The zero-order valence-corrected chi connectivity index (χ0v) is 10.7. The van der Waals surface area contributed by atoms with Crippen molar-refractivity contribution < 1.29 is 4.92 Å². The fraction of sp³-hybridized carbons (Fsp3) is 0.214. The van der Waals surface area contributed by atoms with E-state index in [-0.39, 0.29) is 10.6 Å². The first-order valence-corrected chi connectivity index (χ1v) is 6.07. The van der Waals surface area contributed by atoms with Crippen molar-refractivity contribution in [2.75, 3.05) is 13.6 Å². The SMILES string of the molecule is CNCCC=Cc1ccc([N+](=O)[O-])c2cccnc12. The van der Waals surface area contributed by atoms with Crippen molar-refractivity contribution in [3.05, 3.63) is 52.2 Å². The van der Waals surface area contributed by atoms with Gasteiger partial charge in [-0.3, -0.25) is 15.1 Å². The Hall–Kier alpha value is -2.27. The Balaban J connectivity index is 2.44. The van der Waals surface area contributed by atoms with E-state index in [1.54, 1.807) is 24.4 Å². The van der Waals surface area contributed by atoms with Gasteiger partial charge in [-0.2, -0.15) is 0 Å². The molecule has 0 radical (unpaired) electrons. The quantitative estimate of drug-likeness (QED) is 0.508. The monoisotopic (exact) mass is 257 g/mol. The van der Waals surface area contributed by atoms with Gasteiger partial charge in [-0.1, -0.05) is 12.2 Å². The molecule has 0 aliphatic carbocycles. The molecule has 0 saturated carbocycles. The van der Waals surface area contributed by atoms with Crippen LogP contribution in [0.4, 0.5) is 5.69 Å². The lowest BCUT2D eigenvalue weighted by atomic mass is 10.1. The normalized spacial score (nSPS) is 11.2. The van der Waals surface area contributed by atoms with Gasteiger partial charge in [0.15, 0.2) is 0 Å². The number of nitro groups is 1. The van der Waals surface area contributed by atoms with Gasteiger partial charge >= 0.3 is 0 Å². The van der Waals surface area contributed by atoms with Crippen LogP contribution < -0.4 is 5.32 Å². The van der Waals surface area contributed by atoms with Crippen LogP contribution in [0.5, 0.6) is 0 Å². The van der Waals surface area contributed by atoms with Gasteiger partial charge in [0.2, 0.25) is 0 Å². The van der Waals surface area contributed by atoms with Crippen LogP contribution >= 0.6 is 0 Å². The smallest absolute Gasteiger partial charge is 0.278 e. The zero-order chi connectivity index (χ0) is 13.7. The number of nitro benzene ring substituents is 1. The maximum absolute atomic E-state index is 11.0. The van der Waals surface area contributed by atoms with Crippen LogP contribution in [0.2, 0.25) is 0 Å². The van der Waals surface area contributed by atoms with Gasteiger partial charge in [0.05, 0.1) is 15.8 Å². The minimum Gasteiger partial charge on any atom is -0.319 e. The fourth-order valence-corrected chi connectivity index (χ4v) is 1.91. The van der Waals surface area contributed by atoms with Crippen molar-refractivity contribution in [2.45, 2.75) is 6.42 Å². The van der Waals surface area contributed by atoms with E-state index in [0.29, 0.717) is 10.9 Å². The highest BCUT2D eigenvalue weighted by Gasteiger charge is 2.13. The first kappa shape index (κ1) is 13.2. The Labute approximate surface area is 111 Å². The number of fused-ring (bicyclic) bond motifs is 1. The Morgan fingerprint density at radius 3 is 3.00 bits per heavy atom. The molecule has 0 saturated heterocycles. The molecule has 1 aromatic heterocycles. The average molecular weight is 257 g/mol. The summed E-state index contributed by atoms with van der Waals surface area (Å²) in [6.07, 6.45) is 6.54. The molecule has 0 aliphatic heterocycles. The largest absolute Gasteiger partial charge is 0.319 e. The number of pyridine rings is 1. The molecule has 0 aliphatic rings. The number of nitrogens with one attached hydrogen (secondary N) is 1. The molecule has 0 atom stereocenters. The van der Waals surface area contributed by atoms with Gasteiger partial charge in [0, 0.05) is 17.8 Å². The summed E-state index contributed by atoms with van der Waals surface area (Å²) in [4.78, 5) is 14.9. The number of nitrogens with zero attached hydrogens (tertiary/aromatic N) is 2. The molecule has 19 heavy (non-hydrogen) atoms. The van der Waals surface area contributed by atoms with E-state index in [9.17, 15) is 10.1 Å². The predicted molar refractivity (Wildman–Crippen MR) is 76.0 cm³/mol. The average Bonchev–Trinajstić information content (AvgIpc) is 2.43. The van der Waals surface area contributed by atoms with Gasteiger partial charge < -0.3 is 5.32 Å². The van der Waals surface area contributed by atoms with Crippen LogP contribution in [-0.4, -0.2) is 23.5 Å². The van der Waals surface area contributed by atoms with Crippen LogP contribution in [0, 0.1) is 10.1 Å². The second-order valence-electron chi connectivity index (χ2n) is 4.13. The summed E-state index contributed by atoms with van der Waals surface area (Å²) in [7, 11) is 1.90. The summed E-state index contributed by atoms with van der Waals surface area (Å²) < 4.78 is 0. The zero-order valence-electron chi connectivity index (χ0n) is 10.7. The molecule has 2 rings (SSSR count). The minimum atomic E-state index is -0.376. The lowest BCUT2D eigenvalue weighted by molar-refractivity contribution is -0.383. The first-order chi connectivity index (χ1) is 9.24. The topological polar surface area (TPSA) is 68.1 Å². The van der Waals surface area contributed by atoms with Crippen molar-refractivity contribution in [3.63, 3.8) is 0 Å². The molecular formula is C14H15N3O2. The number of hydrogen-bond donors (Lipinski definition) is 1. The summed E-state index contributed by atoms with van der Waals surface area (Å²) in [5.41, 5.74) is 1.66. The van der Waals surface area contributed by atoms with Crippen molar-refractivity contribution >= 4 is 22.7 Å². The third-order valence-electron chi connectivity index (χ3n) is 2.83. The van der Waals surface area contributed by atoms with Crippen LogP contribution in [0.15, 0.2) is 36.5 Å². The van der Waals surface area contributed by atoms with Gasteiger partial charge in [-0.05, 0) is 38.2 Å². The summed E-state index contributed by atoms with van der Waals surface area (Å²) in [5.74, 6) is 0. The van der Waals surface area contributed by atoms with Gasteiger partial charge in [-0.25, -0.2) is 0 Å². The van der Waals surface area contributed by atoms with Gasteiger partial charge in [0.25, 0.3) is 5.69 Å². The van der Waals surface area contributed by atoms with E-state index in [1.165, 1.54) is 6.07 Å². The number of rotatable bonds is 5. The third-order valence-corrected chi connectivity index (χ3v) is 2.83. The van der Waals surface area contributed by atoms with E-state index >= 15 is 0 Å². The first-order valence-electron chi connectivity index (χ1n) is 6.07. The van der Waals surface area contributed by atoms with E-state index in [4.69, 9.17) is 0 Å². The van der Waals surface area contributed by atoms with Crippen molar-refractivity contribution in [1.29, 1.82) is 0 Å². The van der Waals surface area contributed by atoms with Crippen LogP contribution in [0.25, 0.3) is 17.0 Å². The summed E-state index contributed by atoms with van der Waals surface area (Å²) >= 11 is 0. The van der Waals surface area contributed by atoms with Gasteiger partial charge in [-0.15, -0.1) is 0 Å². The lowest BCUT2D eigenvalue weighted by Gasteiger charge is -2.02. The molecule has 5 heteroatoms. The van der Waals surface area contributed by atoms with Crippen LogP contribution in [-0.2, 0) is 0 Å². The van der Waals surface area contributed by atoms with E-state index < -0.39 is 0 Å². The highest BCUT2D eigenvalue weighted by Crippen LogP contribution is 2.27. The van der Waals surface area contributed by atoms with E-state index in [2.05, 4.69) is 10.3 Å². The Kier molecular flexibility index (Phi) is 4.20. The van der Waals surface area contributed by atoms with Crippen molar-refractivity contribution in [3.8, 4) is 0 Å². The molecule has 5 nitrogen and oxygen atoms in total. The highest BCUT2D eigenvalue weighted by atomic mass is 16.6. The number of benzene rings is 1. The molecule has 0 spiro atoms. The standard InChI is InChI=1S/C14H15N3O2/c1-15-9-3-2-5-11-7-8-13(17(18)19)12-6-4-10-16-14(11)12/h2,4-8,10,15H,3,9H2,1H3. The molecule has 0 amide bonds. The molecule has 0 fully saturated rings. The van der Waals surface area contributed by atoms with E-state index in [1.807, 2.05) is 19.2 Å². The Bertz CT molecular complexity index is 623. The van der Waals surface area contributed by atoms with E-state index in [0.717, 1.165) is 18.5 Å². The summed E-state index contributed by atoms with van der Waals surface area (Å²) in [6, 6.07) is 6.71. The third kappa shape index (κ3) is 2.95. The Morgan fingerprint density at radius 2 is 2.26 bits per heavy atom. The molecule has 0 bridgehead atoms. The maximum atomic E-state index is 11.0. The molecule has 1 aromatic carbocycles. The summed E-state index contributed by atoms with van der Waals surface area (Å²) in [6.45, 7) is 0.898. The number of aromatic nitrogens is 1. The Morgan fingerprint density at radius 1 is 1.42 bits per heavy atom. The minimum absolute atomic E-state index is 0.0930. The molecule has 0 unspecified atom stereocenters. The predicted octanol–water partition coefficient (Wildman–Crippen LogP) is 2.77. The molecule has 1 N–H and O–H groups in total. The second-order valence-corrected chi connectivity index (χ2v) is 4.13. The van der Waals surface area contributed by atoms with Gasteiger partial charge in [0.1, 0.15) is 0 Å². The maximum Gasteiger partial charge on any atom is 0.278 e.